The monoisotopic (exact) mass is 288 g/mol. The molecule has 18 heavy (non-hydrogen) atoms. The molecule has 0 aliphatic heterocycles. The van der Waals surface area contributed by atoms with E-state index in [9.17, 15) is 26.8 Å². The zero-order valence-corrected chi connectivity index (χ0v) is 10.0. The van der Waals surface area contributed by atoms with E-state index in [0.29, 0.717) is 0 Å². The highest BCUT2D eigenvalue weighted by Crippen LogP contribution is 2.08. The molecular formula is C8H10F2O7S. The van der Waals surface area contributed by atoms with Crippen LogP contribution < -0.4 is 0 Å². The normalized spacial score (nSPS) is 10.9. The third kappa shape index (κ3) is 6.13. The van der Waals surface area contributed by atoms with Gasteiger partial charge in [-0.3, -0.25) is 0 Å². The molecule has 0 heterocycles. The molecule has 104 valence electrons. The molecule has 0 radical (unpaired) electrons. The Morgan fingerprint density at radius 3 is 2.17 bits per heavy atom. The van der Waals surface area contributed by atoms with E-state index in [1.165, 1.54) is 6.92 Å². The Kier molecular flexibility index (Phi) is 6.23. The van der Waals surface area contributed by atoms with Crippen LogP contribution in [0.2, 0.25) is 0 Å². The van der Waals surface area contributed by atoms with Crippen LogP contribution in [0.15, 0.2) is 12.2 Å². The fourth-order valence-corrected chi connectivity index (χ4v) is 0.848. The number of alkyl halides is 2. The summed E-state index contributed by atoms with van der Waals surface area (Å²) < 4.78 is 56.2. The van der Waals surface area contributed by atoms with Crippen LogP contribution in [0.4, 0.5) is 13.6 Å². The van der Waals surface area contributed by atoms with E-state index in [4.69, 9.17) is 0 Å². The molecular weight excluding hydrogens is 278 g/mol. The molecule has 0 aromatic carbocycles. The van der Waals surface area contributed by atoms with Crippen LogP contribution in [0, 0.1) is 0 Å². The van der Waals surface area contributed by atoms with Gasteiger partial charge >= 0.3 is 28.0 Å². The first-order valence-corrected chi connectivity index (χ1v) is 5.85. The van der Waals surface area contributed by atoms with Gasteiger partial charge in [-0.15, -0.1) is 0 Å². The van der Waals surface area contributed by atoms with Crippen molar-refractivity contribution in [1.82, 2.24) is 0 Å². The first-order chi connectivity index (χ1) is 8.16. The number of carbonyl (C=O) groups is 2. The van der Waals surface area contributed by atoms with Crippen LogP contribution in [0.25, 0.3) is 0 Å². The maximum absolute atomic E-state index is 11.8. The van der Waals surface area contributed by atoms with E-state index in [1.54, 1.807) is 0 Å². The fourth-order valence-electron chi connectivity index (χ4n) is 0.538. The molecule has 0 aromatic rings. The predicted molar refractivity (Wildman–Crippen MR) is 53.1 cm³/mol. The summed E-state index contributed by atoms with van der Waals surface area (Å²) in [4.78, 5) is 21.4. The molecule has 0 saturated carbocycles. The van der Waals surface area contributed by atoms with E-state index in [-0.39, 0.29) is 5.57 Å². The molecule has 0 N–H and O–H groups in total. The van der Waals surface area contributed by atoms with Crippen LogP contribution in [0.1, 0.15) is 6.92 Å². The first kappa shape index (κ1) is 16.3. The van der Waals surface area contributed by atoms with Crippen molar-refractivity contribution in [1.29, 1.82) is 0 Å². The van der Waals surface area contributed by atoms with E-state index in [0.717, 1.165) is 0 Å². The number of hydrogen-bond acceptors (Lipinski definition) is 7. The summed E-state index contributed by atoms with van der Waals surface area (Å²) in [6.45, 7) is 3.71. The third-order valence-electron chi connectivity index (χ3n) is 1.29. The van der Waals surface area contributed by atoms with Crippen LogP contribution in [-0.2, 0) is 28.6 Å². The largest absolute Gasteiger partial charge is 0.524 e. The topological polar surface area (TPSA) is 96.0 Å². The van der Waals surface area contributed by atoms with Crippen molar-refractivity contribution in [3.8, 4) is 0 Å². The molecule has 0 aromatic heterocycles. The van der Waals surface area contributed by atoms with Gasteiger partial charge in [0.15, 0.2) is 0 Å². The van der Waals surface area contributed by atoms with Gasteiger partial charge in [0, 0.05) is 5.57 Å². The zero-order valence-electron chi connectivity index (χ0n) is 9.22. The van der Waals surface area contributed by atoms with Crippen molar-refractivity contribution in [3.05, 3.63) is 12.2 Å². The second kappa shape index (κ2) is 6.89. The lowest BCUT2D eigenvalue weighted by Crippen LogP contribution is -2.21. The van der Waals surface area contributed by atoms with Crippen molar-refractivity contribution in [3.63, 3.8) is 0 Å². The Bertz CT molecular complexity index is 429. The van der Waals surface area contributed by atoms with E-state index in [1.807, 2.05) is 0 Å². The summed E-state index contributed by atoms with van der Waals surface area (Å²) in [5.74, 6) is -4.60. The number of hydrogen-bond donors (Lipinski definition) is 0. The number of ether oxygens (including phenoxy) is 2. The zero-order chi connectivity index (χ0) is 14.3. The SMILES string of the molecule is C=C(C)C(=O)OCCOC(=O)OS(=O)(=O)C(F)F. The molecule has 0 bridgehead atoms. The Morgan fingerprint density at radius 2 is 1.72 bits per heavy atom. The number of esters is 1. The van der Waals surface area contributed by atoms with Crippen molar-refractivity contribution >= 4 is 22.2 Å². The average Bonchev–Trinajstić information content (AvgIpc) is 2.22. The van der Waals surface area contributed by atoms with Crippen molar-refractivity contribution in [2.24, 2.45) is 0 Å². The number of rotatable bonds is 6. The Morgan fingerprint density at radius 1 is 1.22 bits per heavy atom. The molecule has 0 spiro atoms. The van der Waals surface area contributed by atoms with Gasteiger partial charge in [-0.25, -0.2) is 9.59 Å². The molecule has 0 unspecified atom stereocenters. The highest BCUT2D eigenvalue weighted by molar-refractivity contribution is 7.87. The molecule has 10 heteroatoms. The Balaban J connectivity index is 3.93. The Hall–Kier alpha value is -1.71. The minimum Gasteiger partial charge on any atom is -0.459 e. The summed E-state index contributed by atoms with van der Waals surface area (Å²) in [5, 5.41) is 0. The lowest BCUT2D eigenvalue weighted by atomic mass is 10.4. The van der Waals surface area contributed by atoms with E-state index < -0.39 is 41.2 Å². The van der Waals surface area contributed by atoms with Crippen molar-refractivity contribution < 1.29 is 40.4 Å². The second-order valence-corrected chi connectivity index (χ2v) is 4.36. The van der Waals surface area contributed by atoms with E-state index >= 15 is 0 Å². The minimum absolute atomic E-state index is 0.109. The van der Waals surface area contributed by atoms with Crippen LogP contribution in [0.5, 0.6) is 0 Å². The highest BCUT2D eigenvalue weighted by Gasteiger charge is 2.29. The van der Waals surface area contributed by atoms with Crippen LogP contribution in [-0.4, -0.2) is 39.5 Å². The van der Waals surface area contributed by atoms with Gasteiger partial charge in [-0.1, -0.05) is 6.58 Å². The summed E-state index contributed by atoms with van der Waals surface area (Å²) in [5.41, 5.74) is 0.109. The smallest absolute Gasteiger partial charge is 0.459 e. The second-order valence-electron chi connectivity index (χ2n) is 2.85. The lowest BCUT2D eigenvalue weighted by Gasteiger charge is -2.06. The van der Waals surface area contributed by atoms with Crippen molar-refractivity contribution in [2.45, 2.75) is 12.7 Å². The predicted octanol–water partition coefficient (Wildman–Crippen LogP) is 0.811. The van der Waals surface area contributed by atoms with Gasteiger partial charge in [0.05, 0.1) is 0 Å². The molecule has 0 amide bonds. The molecule has 0 aliphatic carbocycles. The fraction of sp³-hybridized carbons (Fsp3) is 0.500. The summed E-state index contributed by atoms with van der Waals surface area (Å²) in [6.07, 6.45) is -1.83. The standard InChI is InChI=1S/C8H10F2O7S/c1-5(2)6(11)15-3-4-16-8(12)17-18(13,14)7(9)10/h7H,1,3-4H2,2H3. The van der Waals surface area contributed by atoms with Gasteiger partial charge in [-0.2, -0.15) is 17.2 Å². The maximum Gasteiger partial charge on any atom is 0.524 e. The molecule has 0 atom stereocenters. The van der Waals surface area contributed by atoms with Gasteiger partial charge in [-0.05, 0) is 6.92 Å². The summed E-state index contributed by atoms with van der Waals surface area (Å²) in [6, 6.07) is 0. The average molecular weight is 288 g/mol. The van der Waals surface area contributed by atoms with E-state index in [2.05, 4.69) is 20.2 Å². The van der Waals surface area contributed by atoms with Crippen LogP contribution >= 0.6 is 0 Å². The molecule has 7 nitrogen and oxygen atoms in total. The molecule has 0 saturated heterocycles. The molecule has 0 fully saturated rings. The summed E-state index contributed by atoms with van der Waals surface area (Å²) >= 11 is 0. The molecule has 0 aliphatic rings. The van der Waals surface area contributed by atoms with Gasteiger partial charge in [0.1, 0.15) is 13.2 Å². The Labute approximate surface area is 101 Å². The third-order valence-corrected chi connectivity index (χ3v) is 2.09. The number of carbonyl (C=O) groups excluding carboxylic acids is 2. The van der Waals surface area contributed by atoms with Gasteiger partial charge in [0.2, 0.25) is 0 Å². The van der Waals surface area contributed by atoms with Gasteiger partial charge < -0.3 is 13.7 Å². The van der Waals surface area contributed by atoms with Crippen molar-refractivity contribution in [2.75, 3.05) is 13.2 Å². The van der Waals surface area contributed by atoms with Crippen LogP contribution in [0.3, 0.4) is 0 Å². The highest BCUT2D eigenvalue weighted by atomic mass is 32.2. The summed E-state index contributed by atoms with van der Waals surface area (Å²) in [7, 11) is -5.29. The lowest BCUT2D eigenvalue weighted by molar-refractivity contribution is -0.140. The first-order valence-electron chi connectivity index (χ1n) is 4.37. The van der Waals surface area contributed by atoms with Gasteiger partial charge in [0.25, 0.3) is 0 Å². The number of halogens is 2. The molecule has 0 rings (SSSR count). The minimum atomic E-state index is -5.29. The quantitative estimate of drug-likeness (QED) is 0.309. The maximum atomic E-state index is 11.8.